The van der Waals surface area contributed by atoms with Gasteiger partial charge in [-0.15, -0.1) is 0 Å². The maximum absolute atomic E-state index is 9.51. The van der Waals surface area contributed by atoms with Crippen LogP contribution in [0.2, 0.25) is 0 Å². The van der Waals surface area contributed by atoms with Crippen LogP contribution in [0.15, 0.2) is 0 Å². The van der Waals surface area contributed by atoms with Crippen LogP contribution in [0, 0.1) is 16.7 Å². The van der Waals surface area contributed by atoms with Gasteiger partial charge in [-0.05, 0) is 6.92 Å². The van der Waals surface area contributed by atoms with E-state index in [1.54, 1.807) is 6.92 Å². The maximum atomic E-state index is 9.51. The molecule has 6 nitrogen and oxygen atoms in total. The summed E-state index contributed by atoms with van der Waals surface area (Å²) in [6.07, 6.45) is -2.31. The molecule has 1 aliphatic rings. The standard InChI is InChI=1S/C11H19NO5/c1-7-11(5-12,6-13)9(15-3)8(14-2)10(16-4)17-7/h7-10,13H,6H2,1-4H3/t7-,8-,9-,10+,11-/m1/s1. The van der Waals surface area contributed by atoms with E-state index in [1.165, 1.54) is 21.3 Å². The molecule has 0 amide bonds. The molecule has 1 rings (SSSR count). The number of rotatable bonds is 4. The van der Waals surface area contributed by atoms with Crippen LogP contribution in [-0.4, -0.2) is 57.6 Å². The molecule has 1 N–H and O–H groups in total. The Morgan fingerprint density at radius 1 is 1.29 bits per heavy atom. The van der Waals surface area contributed by atoms with Crippen LogP contribution >= 0.6 is 0 Å². The molecule has 0 aromatic heterocycles. The van der Waals surface area contributed by atoms with Gasteiger partial charge in [0.25, 0.3) is 0 Å². The first-order valence-corrected chi connectivity index (χ1v) is 5.37. The molecule has 98 valence electrons. The van der Waals surface area contributed by atoms with Crippen LogP contribution in [0.1, 0.15) is 6.92 Å². The van der Waals surface area contributed by atoms with Crippen molar-refractivity contribution in [3.8, 4) is 6.07 Å². The van der Waals surface area contributed by atoms with Crippen LogP contribution in [-0.2, 0) is 18.9 Å². The van der Waals surface area contributed by atoms with E-state index in [9.17, 15) is 10.4 Å². The molecule has 17 heavy (non-hydrogen) atoms. The number of aliphatic hydroxyl groups is 1. The zero-order valence-corrected chi connectivity index (χ0v) is 10.5. The average Bonchev–Trinajstić information content (AvgIpc) is 2.37. The Hall–Kier alpha value is -0.710. The van der Waals surface area contributed by atoms with Crippen LogP contribution in [0.25, 0.3) is 0 Å². The highest BCUT2D eigenvalue weighted by atomic mass is 16.7. The summed E-state index contributed by atoms with van der Waals surface area (Å²) in [6.45, 7) is 1.35. The van der Waals surface area contributed by atoms with Crippen LogP contribution in [0.3, 0.4) is 0 Å². The first-order valence-electron chi connectivity index (χ1n) is 5.37. The highest BCUT2D eigenvalue weighted by Gasteiger charge is 2.56. The summed E-state index contributed by atoms with van der Waals surface area (Å²) in [5.74, 6) is 0. The van der Waals surface area contributed by atoms with E-state index in [1.807, 2.05) is 0 Å². The second-order valence-corrected chi connectivity index (χ2v) is 4.05. The lowest BCUT2D eigenvalue weighted by molar-refractivity contribution is -0.303. The first-order chi connectivity index (χ1) is 8.11. The molecule has 5 atom stereocenters. The second kappa shape index (κ2) is 5.76. The average molecular weight is 245 g/mol. The van der Waals surface area contributed by atoms with Crippen molar-refractivity contribution < 1.29 is 24.1 Å². The molecule has 1 saturated heterocycles. The Bertz CT molecular complexity index is 292. The van der Waals surface area contributed by atoms with Crippen molar-refractivity contribution in [3.05, 3.63) is 0 Å². The molecule has 1 aliphatic heterocycles. The zero-order valence-electron chi connectivity index (χ0n) is 10.5. The molecule has 1 fully saturated rings. The second-order valence-electron chi connectivity index (χ2n) is 4.05. The van der Waals surface area contributed by atoms with Crippen molar-refractivity contribution >= 4 is 0 Å². The number of methoxy groups -OCH3 is 3. The van der Waals surface area contributed by atoms with Gasteiger partial charge in [0, 0.05) is 21.3 Å². The van der Waals surface area contributed by atoms with Gasteiger partial charge >= 0.3 is 0 Å². The zero-order chi connectivity index (χ0) is 13.1. The molecule has 0 aromatic rings. The van der Waals surface area contributed by atoms with Gasteiger partial charge in [-0.2, -0.15) is 5.26 Å². The van der Waals surface area contributed by atoms with Gasteiger partial charge < -0.3 is 24.1 Å². The van der Waals surface area contributed by atoms with Gasteiger partial charge in [0.2, 0.25) is 0 Å². The van der Waals surface area contributed by atoms with Crippen LogP contribution in [0.5, 0.6) is 0 Å². The lowest BCUT2D eigenvalue weighted by atomic mass is 9.75. The molecule has 0 radical (unpaired) electrons. The predicted molar refractivity (Wildman–Crippen MR) is 58.1 cm³/mol. The first kappa shape index (κ1) is 14.4. The fourth-order valence-corrected chi connectivity index (χ4v) is 2.24. The molecule has 0 aliphatic carbocycles. The number of nitriles is 1. The summed E-state index contributed by atoms with van der Waals surface area (Å²) >= 11 is 0. The summed E-state index contributed by atoms with van der Waals surface area (Å²) in [5, 5.41) is 18.8. The van der Waals surface area contributed by atoms with E-state index < -0.39 is 30.0 Å². The van der Waals surface area contributed by atoms with Crippen molar-refractivity contribution in [3.63, 3.8) is 0 Å². The molecular formula is C11H19NO5. The molecule has 6 heteroatoms. The highest BCUT2D eigenvalue weighted by molar-refractivity contribution is 5.12. The third-order valence-corrected chi connectivity index (χ3v) is 3.37. The van der Waals surface area contributed by atoms with Crippen molar-refractivity contribution in [2.24, 2.45) is 5.41 Å². The minimum absolute atomic E-state index is 0.362. The van der Waals surface area contributed by atoms with Gasteiger partial charge in [-0.3, -0.25) is 0 Å². The lowest BCUT2D eigenvalue weighted by Gasteiger charge is -2.47. The third-order valence-electron chi connectivity index (χ3n) is 3.37. The summed E-state index contributed by atoms with van der Waals surface area (Å²) in [6, 6.07) is 2.09. The third kappa shape index (κ3) is 2.17. The number of ether oxygens (including phenoxy) is 4. The molecular weight excluding hydrogens is 226 g/mol. The van der Waals surface area contributed by atoms with Gasteiger partial charge in [-0.25, -0.2) is 0 Å². The minimum Gasteiger partial charge on any atom is -0.395 e. The molecule has 0 bridgehead atoms. The Labute approximate surface area is 101 Å². The summed E-state index contributed by atoms with van der Waals surface area (Å²) in [7, 11) is 4.46. The minimum atomic E-state index is -1.15. The van der Waals surface area contributed by atoms with Crippen LogP contribution < -0.4 is 0 Å². The Morgan fingerprint density at radius 3 is 2.29 bits per heavy atom. The molecule has 1 heterocycles. The van der Waals surface area contributed by atoms with Crippen molar-refractivity contribution in [2.45, 2.75) is 31.5 Å². The normalized spacial score (nSPS) is 42.1. The predicted octanol–water partition coefficient (Wildman–Crippen LogP) is -0.0901. The maximum Gasteiger partial charge on any atom is 0.186 e. The fourth-order valence-electron chi connectivity index (χ4n) is 2.24. The number of nitrogens with zero attached hydrogens (tertiary/aromatic N) is 1. The SMILES string of the molecule is CO[C@H]1O[C@H](C)[C@@](C#N)(CO)[C@H](OC)[C@H]1OC. The van der Waals surface area contributed by atoms with E-state index in [4.69, 9.17) is 18.9 Å². The largest absolute Gasteiger partial charge is 0.395 e. The number of aliphatic hydroxyl groups excluding tert-OH is 1. The Morgan fingerprint density at radius 2 is 1.94 bits per heavy atom. The van der Waals surface area contributed by atoms with Crippen molar-refractivity contribution in [1.29, 1.82) is 5.26 Å². The van der Waals surface area contributed by atoms with E-state index >= 15 is 0 Å². The molecule has 0 spiro atoms. The number of hydrogen-bond donors (Lipinski definition) is 1. The van der Waals surface area contributed by atoms with E-state index in [2.05, 4.69) is 6.07 Å². The van der Waals surface area contributed by atoms with E-state index in [0.717, 1.165) is 0 Å². The molecule has 0 unspecified atom stereocenters. The molecule has 0 aromatic carbocycles. The van der Waals surface area contributed by atoms with Gasteiger partial charge in [0.05, 0.1) is 18.8 Å². The van der Waals surface area contributed by atoms with Gasteiger partial charge in [0.1, 0.15) is 17.6 Å². The van der Waals surface area contributed by atoms with Gasteiger partial charge in [0.15, 0.2) is 6.29 Å². The van der Waals surface area contributed by atoms with Crippen LogP contribution in [0.4, 0.5) is 0 Å². The topological polar surface area (TPSA) is 80.9 Å². The summed E-state index contributed by atoms with van der Waals surface area (Å²) in [4.78, 5) is 0. The monoisotopic (exact) mass is 245 g/mol. The lowest BCUT2D eigenvalue weighted by Crippen LogP contribution is -2.63. The number of hydrogen-bond acceptors (Lipinski definition) is 6. The Kier molecular flexibility index (Phi) is 4.86. The summed E-state index contributed by atoms with van der Waals surface area (Å²) < 4.78 is 21.3. The van der Waals surface area contributed by atoms with Crippen molar-refractivity contribution in [1.82, 2.24) is 0 Å². The van der Waals surface area contributed by atoms with E-state index in [0.29, 0.717) is 0 Å². The van der Waals surface area contributed by atoms with Gasteiger partial charge in [-0.1, -0.05) is 0 Å². The quantitative estimate of drug-likeness (QED) is 0.745. The fraction of sp³-hybridized carbons (Fsp3) is 0.909. The smallest absolute Gasteiger partial charge is 0.186 e. The molecule has 0 saturated carbocycles. The summed E-state index contributed by atoms with van der Waals surface area (Å²) in [5.41, 5.74) is -1.15. The van der Waals surface area contributed by atoms with E-state index in [-0.39, 0.29) is 6.61 Å². The van der Waals surface area contributed by atoms with Crippen molar-refractivity contribution in [2.75, 3.05) is 27.9 Å². The highest BCUT2D eigenvalue weighted by Crippen LogP contribution is 2.39. The Balaban J connectivity index is 3.11.